The van der Waals surface area contributed by atoms with Gasteiger partial charge in [0, 0.05) is 0 Å². The van der Waals surface area contributed by atoms with Crippen LogP contribution in [0.1, 0.15) is 6.23 Å². The molecule has 20 heteroatoms. The maximum absolute atomic E-state index is 12.4. The van der Waals surface area contributed by atoms with Crippen molar-refractivity contribution < 1.29 is 52.3 Å². The number of nitrogens with two attached hydrogens (primary N) is 1. The molecule has 2 aromatic rings. The molecule has 0 aromatic carbocycles. The zero-order valence-corrected chi connectivity index (χ0v) is 18.8. The van der Waals surface area contributed by atoms with E-state index < -0.39 is 52.8 Å². The monoisotopic (exact) mass is 551 g/mol. The second-order valence-corrected chi connectivity index (χ2v) is 14.2. The van der Waals surface area contributed by atoms with Crippen molar-refractivity contribution in [2.75, 3.05) is 11.9 Å². The van der Waals surface area contributed by atoms with Crippen molar-refractivity contribution >= 4 is 54.6 Å². The number of hydrogen-bond donors (Lipinski definition) is 3. The van der Waals surface area contributed by atoms with Crippen LogP contribution in [0.15, 0.2) is 12.7 Å². The normalized spacial score (nSPS) is 29.0. The Kier molecular flexibility index (Phi) is 6.73. The van der Waals surface area contributed by atoms with E-state index >= 15 is 0 Å². The van der Waals surface area contributed by atoms with Crippen LogP contribution in [-0.4, -0.2) is 69.8 Å². The molecule has 0 spiro atoms. The second-order valence-electron chi connectivity index (χ2n) is 5.98. The fourth-order valence-electron chi connectivity index (χ4n) is 2.71. The van der Waals surface area contributed by atoms with Gasteiger partial charge in [0.15, 0.2) is 0 Å². The SMILES string of the molecule is Nc1ncnc2c1ncn2[C@@H]1O[C@H](C[P+]([O-])([Se-])OP(=O)([O-])OP(=O)([O-])[O-])[C@@H](O)[C@H]1O. The molecule has 30 heavy (non-hydrogen) atoms. The zero-order chi connectivity index (χ0) is 22.5. The molecule has 0 aliphatic carbocycles. The van der Waals surface area contributed by atoms with E-state index in [0.29, 0.717) is 0 Å². The summed E-state index contributed by atoms with van der Waals surface area (Å²) in [6.07, 6.45) is -8.86. The number of hydrogen-bond acceptors (Lipinski definition) is 15. The molecule has 0 radical (unpaired) electrons. The van der Waals surface area contributed by atoms with E-state index in [1.165, 1.54) is 10.9 Å². The first-order valence-corrected chi connectivity index (χ1v) is 14.6. The summed E-state index contributed by atoms with van der Waals surface area (Å²) in [6, 6.07) is 0. The van der Waals surface area contributed by atoms with Gasteiger partial charge in [-0.2, -0.15) is 0 Å². The van der Waals surface area contributed by atoms with Gasteiger partial charge in [-0.25, -0.2) is 0 Å². The number of phosphoric acid groups is 2. The Bertz CT molecular complexity index is 1030. The van der Waals surface area contributed by atoms with E-state index in [0.717, 1.165) is 6.33 Å². The number of aromatic nitrogens is 4. The van der Waals surface area contributed by atoms with Crippen LogP contribution in [0, 0.1) is 0 Å². The quantitative estimate of drug-likeness (QED) is 0.217. The number of anilines is 1. The number of nitrogens with zero attached hydrogens (tertiary/aromatic N) is 4. The van der Waals surface area contributed by atoms with Crippen molar-refractivity contribution in [2.45, 2.75) is 24.5 Å². The summed E-state index contributed by atoms with van der Waals surface area (Å²) in [5.41, 5.74) is 6.02. The fraction of sp³-hybridized carbons (Fsp3) is 0.500. The second kappa shape index (κ2) is 8.39. The molecule has 3 rings (SSSR count). The molecule has 2 aromatic heterocycles. The van der Waals surface area contributed by atoms with Crippen molar-refractivity contribution in [1.29, 1.82) is 0 Å². The van der Waals surface area contributed by atoms with Gasteiger partial charge in [-0.05, 0) is 0 Å². The van der Waals surface area contributed by atoms with E-state index in [2.05, 4.69) is 23.6 Å². The number of nitrogen functional groups attached to an aromatic ring is 1. The molecule has 0 amide bonds. The molecule has 4 N–H and O–H groups in total. The van der Waals surface area contributed by atoms with Crippen molar-refractivity contribution in [2.24, 2.45) is 0 Å². The first-order chi connectivity index (χ1) is 13.7. The van der Waals surface area contributed by atoms with Crippen molar-refractivity contribution in [3.8, 4) is 0 Å². The Morgan fingerprint density at radius 2 is 1.93 bits per heavy atom. The maximum atomic E-state index is 12.4. The van der Waals surface area contributed by atoms with Crippen LogP contribution in [0.3, 0.4) is 0 Å². The minimum atomic E-state index is -5.99. The van der Waals surface area contributed by atoms with E-state index in [-0.39, 0.29) is 17.0 Å². The molecule has 0 bridgehead atoms. The summed E-state index contributed by atoms with van der Waals surface area (Å²) in [5.74, 6) is 0.0460. The van der Waals surface area contributed by atoms with Crippen molar-refractivity contribution in [1.82, 2.24) is 19.5 Å². The van der Waals surface area contributed by atoms with Gasteiger partial charge in [0.2, 0.25) is 0 Å². The molecule has 168 valence electrons. The van der Waals surface area contributed by atoms with Gasteiger partial charge in [-0.15, -0.1) is 0 Å². The third-order valence-corrected chi connectivity index (χ3v) is 10.2. The Hall–Kier alpha value is -0.601. The minimum absolute atomic E-state index is 0.0460. The first-order valence-electron chi connectivity index (χ1n) is 7.69. The molecule has 1 aliphatic heterocycles. The van der Waals surface area contributed by atoms with E-state index in [1.54, 1.807) is 0 Å². The zero-order valence-electron chi connectivity index (χ0n) is 14.4. The van der Waals surface area contributed by atoms with Crippen LogP contribution in [0.5, 0.6) is 0 Å². The number of aliphatic hydroxyl groups is 2. The van der Waals surface area contributed by atoms with Gasteiger partial charge in [0.1, 0.15) is 0 Å². The molecule has 16 nitrogen and oxygen atoms in total. The summed E-state index contributed by atoms with van der Waals surface area (Å²) in [6.45, 7) is 0. The molecule has 2 unspecified atom stereocenters. The molecular weight excluding hydrogens is 538 g/mol. The Morgan fingerprint density at radius 1 is 1.27 bits per heavy atom. The molecule has 6 atom stereocenters. The number of fused-ring (bicyclic) bond motifs is 1. The molecule has 1 aliphatic rings. The van der Waals surface area contributed by atoms with E-state index in [4.69, 9.17) is 10.5 Å². The Balaban J connectivity index is 1.77. The Morgan fingerprint density at radius 3 is 2.57 bits per heavy atom. The van der Waals surface area contributed by atoms with Crippen LogP contribution in [-0.2, 0) is 22.5 Å². The predicted molar refractivity (Wildman–Crippen MR) is 90.6 cm³/mol. The van der Waals surface area contributed by atoms with E-state index in [1.807, 2.05) is 15.6 Å². The third-order valence-electron chi connectivity index (χ3n) is 3.83. The average molecular weight is 550 g/mol. The number of rotatable bonds is 7. The molecule has 0 saturated carbocycles. The molecule has 3 heterocycles. The molecular formula is C10H12N5O11P3Se-4. The fourth-order valence-corrected chi connectivity index (χ4v) is 8.77. The third kappa shape index (κ3) is 5.41. The van der Waals surface area contributed by atoms with Crippen LogP contribution >= 0.6 is 22.1 Å². The molecule has 1 fully saturated rings. The number of imidazole rings is 1. The summed E-state index contributed by atoms with van der Waals surface area (Å²) in [5, 5.41) is 20.5. The van der Waals surface area contributed by atoms with Gasteiger partial charge >= 0.3 is 175 Å². The summed E-state index contributed by atoms with van der Waals surface area (Å²) in [4.78, 5) is 56.4. The van der Waals surface area contributed by atoms with Crippen LogP contribution < -0.4 is 25.3 Å². The predicted octanol–water partition coefficient (Wildman–Crippen LogP) is -4.35. The van der Waals surface area contributed by atoms with Gasteiger partial charge in [-0.3, -0.25) is 0 Å². The topological polar surface area (TPSA) is 264 Å². The van der Waals surface area contributed by atoms with E-state index in [9.17, 15) is 38.9 Å². The van der Waals surface area contributed by atoms with Gasteiger partial charge in [0.25, 0.3) is 0 Å². The van der Waals surface area contributed by atoms with Crippen LogP contribution in [0.2, 0.25) is 0 Å². The van der Waals surface area contributed by atoms with Crippen molar-refractivity contribution in [3.05, 3.63) is 12.7 Å². The summed E-state index contributed by atoms with van der Waals surface area (Å²) >= 11 is 1.90. The van der Waals surface area contributed by atoms with Gasteiger partial charge in [0.05, 0.1) is 0 Å². The van der Waals surface area contributed by atoms with Gasteiger partial charge < -0.3 is 0 Å². The average Bonchev–Trinajstić information content (AvgIpc) is 3.09. The standard InChI is InChI=1S/C10H16N5O11P3Se/c11-8-5-9(13-2-12-8)15(3-14-5)10-7(17)6(16)4(24-10)1-27(18,30)25-29(22,23)26-28(19,20)21/h2-4,6-7,10,16-17H,1H2,(H,18,30)(H,22,23)(H2,11,12,13)(H2,19,20,21)/p-4/t4-,6-,7-,10-,27?/m1/s1. The first kappa shape index (κ1) is 24.1. The summed E-state index contributed by atoms with van der Waals surface area (Å²) in [7, 11) is -11.8. The number of aliphatic hydroxyl groups excluding tert-OH is 2. The summed E-state index contributed by atoms with van der Waals surface area (Å²) < 4.78 is 36.0. The Labute approximate surface area is 175 Å². The van der Waals surface area contributed by atoms with Crippen molar-refractivity contribution in [3.63, 3.8) is 0 Å². The van der Waals surface area contributed by atoms with Crippen LogP contribution in [0.25, 0.3) is 11.2 Å². The molecule has 1 saturated heterocycles. The van der Waals surface area contributed by atoms with Crippen LogP contribution in [0.4, 0.5) is 5.82 Å². The number of ether oxygens (including phenoxy) is 1. The van der Waals surface area contributed by atoms with Gasteiger partial charge in [-0.1, -0.05) is 0 Å².